The smallest absolute Gasteiger partial charge is 0.322 e. The fraction of sp³-hybridized carbons (Fsp3) is 0.857. The Labute approximate surface area is 77.1 Å². The van der Waals surface area contributed by atoms with E-state index in [4.69, 9.17) is 10.9 Å². The minimum absolute atomic E-state index is 0.539. The van der Waals surface area contributed by atoms with E-state index in [1.165, 1.54) is 5.01 Å². The Bertz CT molecular complexity index is 143. The summed E-state index contributed by atoms with van der Waals surface area (Å²) in [6.45, 7) is 2.40. The van der Waals surface area contributed by atoms with E-state index in [9.17, 15) is 4.79 Å². The van der Waals surface area contributed by atoms with Crippen LogP contribution in [0.3, 0.4) is 0 Å². The van der Waals surface area contributed by atoms with Gasteiger partial charge < -0.3 is 5.11 Å². The van der Waals surface area contributed by atoms with E-state index in [2.05, 4.69) is 0 Å². The molecule has 0 bridgehead atoms. The lowest BCUT2D eigenvalue weighted by atomic mass is 10.2. The molecule has 0 aromatic carbocycles. The van der Waals surface area contributed by atoms with Crippen molar-refractivity contribution in [2.75, 3.05) is 18.6 Å². The van der Waals surface area contributed by atoms with Crippen molar-refractivity contribution in [3.05, 3.63) is 0 Å². The first-order valence-electron chi connectivity index (χ1n) is 3.86. The van der Waals surface area contributed by atoms with E-state index in [0.717, 1.165) is 5.75 Å². The summed E-state index contributed by atoms with van der Waals surface area (Å²) in [5, 5.41) is 10.1. The quantitative estimate of drug-likeness (QED) is 0.470. The molecule has 1 atom stereocenters. The fourth-order valence-corrected chi connectivity index (χ4v) is 1.34. The highest BCUT2D eigenvalue weighted by Crippen LogP contribution is 2.05. The molecule has 1 unspecified atom stereocenters. The molecule has 4 nitrogen and oxygen atoms in total. The van der Waals surface area contributed by atoms with E-state index in [-0.39, 0.29) is 0 Å². The molecule has 0 aliphatic rings. The monoisotopic (exact) mass is 192 g/mol. The molecule has 0 aromatic heterocycles. The van der Waals surface area contributed by atoms with E-state index in [0.29, 0.717) is 13.0 Å². The summed E-state index contributed by atoms with van der Waals surface area (Å²) in [5.74, 6) is 5.49. The summed E-state index contributed by atoms with van der Waals surface area (Å²) >= 11 is 1.63. The Morgan fingerprint density at radius 2 is 2.33 bits per heavy atom. The number of hydrazine groups is 1. The van der Waals surface area contributed by atoms with Crippen LogP contribution in [-0.4, -0.2) is 40.7 Å². The number of carboxylic acid groups (broad SMARTS) is 1. The van der Waals surface area contributed by atoms with Crippen LogP contribution in [-0.2, 0) is 4.79 Å². The van der Waals surface area contributed by atoms with Gasteiger partial charge >= 0.3 is 5.97 Å². The summed E-state index contributed by atoms with van der Waals surface area (Å²) < 4.78 is 0. The molecule has 0 amide bonds. The molecular weight excluding hydrogens is 176 g/mol. The molecule has 0 aliphatic carbocycles. The number of nitrogens with two attached hydrogens (primary N) is 1. The molecule has 0 fully saturated rings. The van der Waals surface area contributed by atoms with Crippen LogP contribution < -0.4 is 5.84 Å². The van der Waals surface area contributed by atoms with Gasteiger partial charge in [-0.1, -0.05) is 6.92 Å². The summed E-state index contributed by atoms with van der Waals surface area (Å²) in [7, 11) is 0. The summed E-state index contributed by atoms with van der Waals surface area (Å²) in [6, 6.07) is -0.539. The average Bonchev–Trinajstić information content (AvgIpc) is 2.04. The zero-order valence-corrected chi connectivity index (χ0v) is 8.30. The van der Waals surface area contributed by atoms with Gasteiger partial charge in [-0.15, -0.1) is 0 Å². The van der Waals surface area contributed by atoms with E-state index in [1.807, 2.05) is 13.2 Å². The summed E-state index contributed by atoms with van der Waals surface area (Å²) in [5.41, 5.74) is 0. The van der Waals surface area contributed by atoms with Gasteiger partial charge in [-0.05, 0) is 18.4 Å². The molecule has 0 rings (SSSR count). The van der Waals surface area contributed by atoms with Crippen LogP contribution in [0.1, 0.15) is 13.3 Å². The Morgan fingerprint density at radius 3 is 2.67 bits per heavy atom. The second-order valence-electron chi connectivity index (χ2n) is 2.47. The van der Waals surface area contributed by atoms with Gasteiger partial charge in [0.15, 0.2) is 0 Å². The first-order valence-corrected chi connectivity index (χ1v) is 5.26. The predicted molar refractivity (Wildman–Crippen MR) is 51.0 cm³/mol. The van der Waals surface area contributed by atoms with E-state index in [1.54, 1.807) is 11.8 Å². The second kappa shape index (κ2) is 6.28. The highest BCUT2D eigenvalue weighted by molar-refractivity contribution is 7.98. The van der Waals surface area contributed by atoms with Crippen molar-refractivity contribution in [3.63, 3.8) is 0 Å². The lowest BCUT2D eigenvalue weighted by Crippen LogP contribution is -2.46. The lowest BCUT2D eigenvalue weighted by molar-refractivity contribution is -0.143. The molecule has 0 saturated heterocycles. The first-order chi connectivity index (χ1) is 5.63. The normalized spacial score (nSPS) is 13.3. The van der Waals surface area contributed by atoms with Crippen molar-refractivity contribution in [2.45, 2.75) is 19.4 Å². The van der Waals surface area contributed by atoms with Crippen molar-refractivity contribution >= 4 is 17.7 Å². The largest absolute Gasteiger partial charge is 0.480 e. The number of carbonyl (C=O) groups is 1. The van der Waals surface area contributed by atoms with Crippen molar-refractivity contribution in [1.29, 1.82) is 0 Å². The Morgan fingerprint density at radius 1 is 1.75 bits per heavy atom. The molecule has 0 heterocycles. The number of likely N-dealkylation sites (N-methyl/N-ethyl adjacent to an activating group) is 1. The van der Waals surface area contributed by atoms with Crippen LogP contribution in [0.15, 0.2) is 0 Å². The lowest BCUT2D eigenvalue weighted by Gasteiger charge is -2.21. The maximum absolute atomic E-state index is 10.7. The van der Waals surface area contributed by atoms with Crippen LogP contribution in [0.25, 0.3) is 0 Å². The van der Waals surface area contributed by atoms with Crippen molar-refractivity contribution in [1.82, 2.24) is 5.01 Å². The third-order valence-electron chi connectivity index (χ3n) is 1.65. The van der Waals surface area contributed by atoms with E-state index < -0.39 is 12.0 Å². The van der Waals surface area contributed by atoms with Crippen LogP contribution in [0.4, 0.5) is 0 Å². The third kappa shape index (κ3) is 3.94. The van der Waals surface area contributed by atoms with Gasteiger partial charge in [-0.2, -0.15) is 11.8 Å². The Hall–Kier alpha value is -0.260. The average molecular weight is 192 g/mol. The van der Waals surface area contributed by atoms with Crippen LogP contribution in [0, 0.1) is 0 Å². The van der Waals surface area contributed by atoms with Crippen LogP contribution in [0.2, 0.25) is 0 Å². The summed E-state index contributed by atoms with van der Waals surface area (Å²) in [4.78, 5) is 10.7. The van der Waals surface area contributed by atoms with Gasteiger partial charge in [-0.25, -0.2) is 5.01 Å². The van der Waals surface area contributed by atoms with Crippen molar-refractivity contribution < 1.29 is 9.90 Å². The molecule has 3 N–H and O–H groups in total. The number of hydrogen-bond acceptors (Lipinski definition) is 4. The highest BCUT2D eigenvalue weighted by Gasteiger charge is 2.20. The molecule has 0 radical (unpaired) electrons. The molecular formula is C7H16N2O2S. The van der Waals surface area contributed by atoms with E-state index >= 15 is 0 Å². The number of nitrogens with zero attached hydrogens (tertiary/aromatic N) is 1. The van der Waals surface area contributed by atoms with Gasteiger partial charge in [0.25, 0.3) is 0 Å². The standard InChI is InChI=1S/C7H16N2O2S/c1-3-9(8)6(7(10)11)4-5-12-2/h6H,3-5,8H2,1-2H3,(H,10,11). The third-order valence-corrected chi connectivity index (χ3v) is 2.29. The van der Waals surface area contributed by atoms with Crippen LogP contribution in [0.5, 0.6) is 0 Å². The zero-order chi connectivity index (χ0) is 9.56. The zero-order valence-electron chi connectivity index (χ0n) is 7.49. The molecule has 5 heteroatoms. The Kier molecular flexibility index (Phi) is 6.14. The van der Waals surface area contributed by atoms with Crippen molar-refractivity contribution in [2.24, 2.45) is 5.84 Å². The number of hydrogen-bond donors (Lipinski definition) is 2. The fourth-order valence-electron chi connectivity index (χ4n) is 0.881. The first kappa shape index (κ1) is 11.7. The number of thioether (sulfide) groups is 1. The van der Waals surface area contributed by atoms with Gasteiger partial charge in [0.05, 0.1) is 0 Å². The number of rotatable bonds is 6. The predicted octanol–water partition coefficient (Wildman–Crippen LogP) is 0.388. The molecule has 72 valence electrons. The maximum Gasteiger partial charge on any atom is 0.322 e. The molecule has 0 aliphatic heterocycles. The topological polar surface area (TPSA) is 66.6 Å². The molecule has 0 saturated carbocycles. The summed E-state index contributed by atoms with van der Waals surface area (Å²) in [6.07, 6.45) is 2.55. The molecule has 12 heavy (non-hydrogen) atoms. The molecule has 0 spiro atoms. The minimum atomic E-state index is -0.839. The minimum Gasteiger partial charge on any atom is -0.480 e. The van der Waals surface area contributed by atoms with Gasteiger partial charge in [-0.3, -0.25) is 10.6 Å². The number of carboxylic acids is 1. The molecule has 0 aromatic rings. The SMILES string of the molecule is CCN(N)C(CCSC)C(=O)O. The van der Waals surface area contributed by atoms with Crippen molar-refractivity contribution in [3.8, 4) is 0 Å². The maximum atomic E-state index is 10.7. The van der Waals surface area contributed by atoms with Crippen LogP contribution >= 0.6 is 11.8 Å². The second-order valence-corrected chi connectivity index (χ2v) is 3.45. The van der Waals surface area contributed by atoms with Gasteiger partial charge in [0.2, 0.25) is 0 Å². The van der Waals surface area contributed by atoms with Gasteiger partial charge in [0.1, 0.15) is 6.04 Å². The highest BCUT2D eigenvalue weighted by atomic mass is 32.2. The number of aliphatic carboxylic acids is 1. The van der Waals surface area contributed by atoms with Gasteiger partial charge in [0, 0.05) is 6.54 Å². The Balaban J connectivity index is 3.94.